The molecule has 0 bridgehead atoms. The quantitative estimate of drug-likeness (QED) is 0.534. The SMILES string of the molecule is CC(C)(C)C1=CB(O)OCC1. The van der Waals surface area contributed by atoms with Gasteiger partial charge in [0.1, 0.15) is 0 Å². The van der Waals surface area contributed by atoms with Crippen molar-refractivity contribution in [2.24, 2.45) is 5.41 Å². The molecule has 0 aromatic rings. The van der Waals surface area contributed by atoms with Crippen molar-refractivity contribution in [1.29, 1.82) is 0 Å². The topological polar surface area (TPSA) is 29.5 Å². The minimum absolute atomic E-state index is 0.171. The van der Waals surface area contributed by atoms with Crippen LogP contribution in [0.4, 0.5) is 0 Å². The zero-order valence-corrected chi connectivity index (χ0v) is 7.42. The summed E-state index contributed by atoms with van der Waals surface area (Å²) in [4.78, 5) is 0. The van der Waals surface area contributed by atoms with Gasteiger partial charge in [-0.2, -0.15) is 0 Å². The molecule has 0 aliphatic carbocycles. The van der Waals surface area contributed by atoms with E-state index in [1.165, 1.54) is 5.57 Å². The molecule has 1 aliphatic rings. The fourth-order valence-corrected chi connectivity index (χ4v) is 1.22. The largest absolute Gasteiger partial charge is 0.483 e. The van der Waals surface area contributed by atoms with Crippen LogP contribution in [0.5, 0.6) is 0 Å². The normalized spacial score (nSPS) is 20.0. The minimum Gasteiger partial charge on any atom is -0.423 e. The highest BCUT2D eigenvalue weighted by Crippen LogP contribution is 2.29. The molecule has 1 aliphatic heterocycles. The van der Waals surface area contributed by atoms with Gasteiger partial charge in [-0.25, -0.2) is 0 Å². The van der Waals surface area contributed by atoms with Gasteiger partial charge in [-0.1, -0.05) is 32.3 Å². The van der Waals surface area contributed by atoms with E-state index in [4.69, 9.17) is 9.68 Å². The van der Waals surface area contributed by atoms with E-state index in [-0.39, 0.29) is 5.41 Å². The molecular weight excluding hydrogens is 139 g/mol. The summed E-state index contributed by atoms with van der Waals surface area (Å²) in [6.45, 7) is 7.09. The van der Waals surface area contributed by atoms with Crippen molar-refractivity contribution in [2.45, 2.75) is 27.2 Å². The van der Waals surface area contributed by atoms with E-state index in [1.54, 1.807) is 0 Å². The average molecular weight is 154 g/mol. The van der Waals surface area contributed by atoms with Crippen LogP contribution in [-0.2, 0) is 4.65 Å². The van der Waals surface area contributed by atoms with Crippen molar-refractivity contribution in [3.8, 4) is 0 Å². The van der Waals surface area contributed by atoms with Crippen LogP contribution < -0.4 is 0 Å². The van der Waals surface area contributed by atoms with Crippen molar-refractivity contribution in [3.63, 3.8) is 0 Å². The Morgan fingerprint density at radius 1 is 1.55 bits per heavy atom. The van der Waals surface area contributed by atoms with Gasteiger partial charge in [0.2, 0.25) is 0 Å². The third kappa shape index (κ3) is 2.35. The molecule has 0 radical (unpaired) electrons. The van der Waals surface area contributed by atoms with Crippen LogP contribution in [0.3, 0.4) is 0 Å². The standard InChI is InChI=1S/C8H15BO2/c1-8(2,3)7-4-5-11-9(10)6-7/h6,10H,4-5H2,1-3H3. The van der Waals surface area contributed by atoms with Crippen LogP contribution in [-0.4, -0.2) is 18.7 Å². The second-order valence-electron chi connectivity index (χ2n) is 3.95. The van der Waals surface area contributed by atoms with E-state index in [1.807, 2.05) is 5.98 Å². The number of hydrogen-bond acceptors (Lipinski definition) is 2. The average Bonchev–Trinajstić information content (AvgIpc) is 1.86. The number of rotatable bonds is 0. The second kappa shape index (κ2) is 2.99. The molecule has 0 amide bonds. The molecule has 0 fully saturated rings. The first-order valence-corrected chi connectivity index (χ1v) is 4.01. The number of hydrogen-bond donors (Lipinski definition) is 1. The van der Waals surface area contributed by atoms with Crippen molar-refractivity contribution in [3.05, 3.63) is 11.5 Å². The highest BCUT2D eigenvalue weighted by atomic mass is 16.5. The van der Waals surface area contributed by atoms with Gasteiger partial charge in [0, 0.05) is 6.61 Å². The van der Waals surface area contributed by atoms with Crippen LogP contribution >= 0.6 is 0 Å². The summed E-state index contributed by atoms with van der Waals surface area (Å²) in [5, 5.41) is 9.14. The van der Waals surface area contributed by atoms with Crippen LogP contribution in [0.2, 0.25) is 0 Å². The first kappa shape index (κ1) is 8.82. The molecule has 0 unspecified atom stereocenters. The Kier molecular flexibility index (Phi) is 2.40. The molecule has 2 nitrogen and oxygen atoms in total. The van der Waals surface area contributed by atoms with Crippen molar-refractivity contribution >= 4 is 7.12 Å². The Hall–Kier alpha value is -0.275. The fourth-order valence-electron chi connectivity index (χ4n) is 1.22. The van der Waals surface area contributed by atoms with Gasteiger partial charge in [-0.15, -0.1) is 0 Å². The van der Waals surface area contributed by atoms with Gasteiger partial charge >= 0.3 is 7.12 Å². The molecule has 1 heterocycles. The van der Waals surface area contributed by atoms with Crippen LogP contribution in [0.1, 0.15) is 27.2 Å². The summed E-state index contributed by atoms with van der Waals surface area (Å²) in [5.74, 6) is 1.81. The van der Waals surface area contributed by atoms with Crippen molar-refractivity contribution < 1.29 is 9.68 Å². The lowest BCUT2D eigenvalue weighted by Gasteiger charge is -2.26. The molecule has 3 heteroatoms. The van der Waals surface area contributed by atoms with E-state index in [0.717, 1.165) is 6.42 Å². The van der Waals surface area contributed by atoms with Gasteiger partial charge < -0.3 is 9.68 Å². The maximum atomic E-state index is 9.14. The van der Waals surface area contributed by atoms with Crippen LogP contribution in [0.25, 0.3) is 0 Å². The molecule has 0 saturated heterocycles. The molecule has 1 rings (SSSR count). The van der Waals surface area contributed by atoms with Gasteiger partial charge in [0.15, 0.2) is 0 Å². The predicted octanol–water partition coefficient (Wildman–Crippen LogP) is 1.40. The zero-order chi connectivity index (χ0) is 8.48. The summed E-state index contributed by atoms with van der Waals surface area (Å²) in [5.41, 5.74) is 1.46. The van der Waals surface area contributed by atoms with E-state index < -0.39 is 7.12 Å². The highest BCUT2D eigenvalue weighted by Gasteiger charge is 2.24. The van der Waals surface area contributed by atoms with E-state index in [9.17, 15) is 0 Å². The molecule has 0 spiro atoms. The monoisotopic (exact) mass is 154 g/mol. The fraction of sp³-hybridized carbons (Fsp3) is 0.750. The first-order chi connectivity index (χ1) is 5.00. The molecule has 0 aromatic heterocycles. The third-order valence-corrected chi connectivity index (χ3v) is 1.97. The molecule has 0 saturated carbocycles. The lowest BCUT2D eigenvalue weighted by molar-refractivity contribution is 0.253. The maximum Gasteiger partial charge on any atom is 0.483 e. The summed E-state index contributed by atoms with van der Waals surface area (Å²) in [6, 6.07) is 0. The first-order valence-electron chi connectivity index (χ1n) is 4.01. The molecule has 0 aromatic carbocycles. The Balaban J connectivity index is 2.71. The molecule has 62 valence electrons. The van der Waals surface area contributed by atoms with Crippen molar-refractivity contribution in [2.75, 3.05) is 6.61 Å². The zero-order valence-electron chi connectivity index (χ0n) is 7.42. The maximum absolute atomic E-state index is 9.14. The Morgan fingerprint density at radius 3 is 2.55 bits per heavy atom. The van der Waals surface area contributed by atoms with Gasteiger partial charge in [-0.3, -0.25) is 0 Å². The van der Waals surface area contributed by atoms with E-state index in [0.29, 0.717) is 6.61 Å². The summed E-state index contributed by atoms with van der Waals surface area (Å²) in [6.07, 6.45) is 0.945. The lowest BCUT2D eigenvalue weighted by Crippen LogP contribution is -2.26. The Morgan fingerprint density at radius 2 is 2.18 bits per heavy atom. The van der Waals surface area contributed by atoms with Gasteiger partial charge in [0.25, 0.3) is 0 Å². The summed E-state index contributed by atoms with van der Waals surface area (Å²) in [7, 11) is -0.682. The van der Waals surface area contributed by atoms with Crippen LogP contribution in [0.15, 0.2) is 11.5 Å². The highest BCUT2D eigenvalue weighted by molar-refractivity contribution is 6.49. The lowest BCUT2D eigenvalue weighted by atomic mass is 9.75. The van der Waals surface area contributed by atoms with E-state index >= 15 is 0 Å². The van der Waals surface area contributed by atoms with E-state index in [2.05, 4.69) is 20.8 Å². The molecule has 0 atom stereocenters. The van der Waals surface area contributed by atoms with Crippen molar-refractivity contribution in [1.82, 2.24) is 0 Å². The minimum atomic E-state index is -0.682. The van der Waals surface area contributed by atoms with Crippen LogP contribution in [0, 0.1) is 5.41 Å². The summed E-state index contributed by atoms with van der Waals surface area (Å²) >= 11 is 0. The Bertz CT molecular complexity index is 169. The molecule has 11 heavy (non-hydrogen) atoms. The molecular formula is C8H15BO2. The van der Waals surface area contributed by atoms with Gasteiger partial charge in [0.05, 0.1) is 0 Å². The van der Waals surface area contributed by atoms with Gasteiger partial charge in [-0.05, 0) is 11.8 Å². The third-order valence-electron chi connectivity index (χ3n) is 1.97. The predicted molar refractivity (Wildman–Crippen MR) is 46.1 cm³/mol. The second-order valence-corrected chi connectivity index (χ2v) is 3.95. The summed E-state index contributed by atoms with van der Waals surface area (Å²) < 4.78 is 4.98. The Labute approximate surface area is 68.4 Å². The smallest absolute Gasteiger partial charge is 0.423 e. The molecule has 1 N–H and O–H groups in total.